The predicted octanol–water partition coefficient (Wildman–Crippen LogP) is 1.24. The largest absolute Gasteiger partial charge is 0.486 e. The highest BCUT2D eigenvalue weighted by Gasteiger charge is 2.26. The Morgan fingerprint density at radius 1 is 1.35 bits per heavy atom. The van der Waals surface area contributed by atoms with Crippen molar-refractivity contribution in [3.8, 4) is 11.5 Å². The van der Waals surface area contributed by atoms with Gasteiger partial charge in [0.2, 0.25) is 0 Å². The summed E-state index contributed by atoms with van der Waals surface area (Å²) < 4.78 is 11.1. The minimum atomic E-state index is -0.238. The number of hydrogen-bond donors (Lipinski definition) is 2. The summed E-state index contributed by atoms with van der Waals surface area (Å²) >= 11 is 0. The summed E-state index contributed by atoms with van der Waals surface area (Å²) in [5.74, 6) is 1.89. The summed E-state index contributed by atoms with van der Waals surface area (Å²) in [6, 6.07) is 3.84. The monoisotopic (exact) mass is 278 g/mol. The molecule has 20 heavy (non-hydrogen) atoms. The Bertz CT molecular complexity index is 490. The molecule has 0 saturated carbocycles. The third kappa shape index (κ3) is 2.69. The van der Waals surface area contributed by atoms with Crippen molar-refractivity contribution in [2.75, 3.05) is 32.0 Å². The Kier molecular flexibility index (Phi) is 3.72. The maximum atomic E-state index is 9.66. The number of ether oxygens (including phenoxy) is 2. The SMILES string of the molecule is CC(O)C1CCN(Cc2cc3c(cc2N)OCCO3)C1. The van der Waals surface area contributed by atoms with Crippen LogP contribution in [0.1, 0.15) is 18.9 Å². The Morgan fingerprint density at radius 3 is 2.70 bits per heavy atom. The molecule has 2 aliphatic rings. The fourth-order valence-electron chi connectivity index (χ4n) is 2.92. The van der Waals surface area contributed by atoms with Crippen LogP contribution in [0.15, 0.2) is 12.1 Å². The Morgan fingerprint density at radius 2 is 2.05 bits per heavy atom. The van der Waals surface area contributed by atoms with Gasteiger partial charge in [0.25, 0.3) is 0 Å². The van der Waals surface area contributed by atoms with Crippen LogP contribution in [-0.2, 0) is 6.54 Å². The quantitative estimate of drug-likeness (QED) is 0.814. The first-order chi connectivity index (χ1) is 9.63. The number of nitrogens with zero attached hydrogens (tertiary/aromatic N) is 1. The Balaban J connectivity index is 1.71. The average Bonchev–Trinajstić information content (AvgIpc) is 2.88. The summed E-state index contributed by atoms with van der Waals surface area (Å²) in [7, 11) is 0. The highest BCUT2D eigenvalue weighted by molar-refractivity contribution is 5.58. The van der Waals surface area contributed by atoms with Crippen LogP contribution in [0.25, 0.3) is 0 Å². The van der Waals surface area contributed by atoms with E-state index < -0.39 is 0 Å². The lowest BCUT2D eigenvalue weighted by Crippen LogP contribution is -2.24. The molecule has 1 saturated heterocycles. The molecule has 0 aromatic heterocycles. The van der Waals surface area contributed by atoms with E-state index in [0.717, 1.165) is 48.8 Å². The molecule has 1 aromatic rings. The van der Waals surface area contributed by atoms with Gasteiger partial charge in [-0.25, -0.2) is 0 Å². The lowest BCUT2D eigenvalue weighted by molar-refractivity contribution is 0.127. The number of rotatable bonds is 3. The van der Waals surface area contributed by atoms with Crippen molar-refractivity contribution in [3.63, 3.8) is 0 Å². The van der Waals surface area contributed by atoms with Crippen molar-refractivity contribution < 1.29 is 14.6 Å². The van der Waals surface area contributed by atoms with Gasteiger partial charge in [-0.05, 0) is 37.4 Å². The number of aliphatic hydroxyl groups excluding tert-OH is 1. The highest BCUT2D eigenvalue weighted by Crippen LogP contribution is 2.35. The molecule has 0 bridgehead atoms. The molecule has 3 N–H and O–H groups in total. The van der Waals surface area contributed by atoms with Crippen LogP contribution < -0.4 is 15.2 Å². The van der Waals surface area contributed by atoms with E-state index in [4.69, 9.17) is 15.2 Å². The molecule has 2 aliphatic heterocycles. The molecule has 5 heteroatoms. The Labute approximate surface area is 119 Å². The minimum absolute atomic E-state index is 0.238. The zero-order valence-corrected chi connectivity index (χ0v) is 11.8. The summed E-state index contributed by atoms with van der Waals surface area (Å²) in [5.41, 5.74) is 7.92. The van der Waals surface area contributed by atoms with Crippen molar-refractivity contribution in [2.24, 2.45) is 5.92 Å². The van der Waals surface area contributed by atoms with Gasteiger partial charge in [-0.2, -0.15) is 0 Å². The maximum absolute atomic E-state index is 9.66. The van der Waals surface area contributed by atoms with Crippen molar-refractivity contribution >= 4 is 5.69 Å². The topological polar surface area (TPSA) is 68.0 Å². The standard InChI is InChI=1S/C15H22N2O3/c1-10(18)11-2-3-17(8-11)9-12-6-14-15(7-13(12)16)20-5-4-19-14/h6-7,10-11,18H,2-5,8-9,16H2,1H3. The summed E-state index contributed by atoms with van der Waals surface area (Å²) in [5, 5.41) is 9.66. The van der Waals surface area contributed by atoms with Crippen molar-refractivity contribution in [1.29, 1.82) is 0 Å². The van der Waals surface area contributed by atoms with E-state index in [1.165, 1.54) is 0 Å². The normalized spacial score (nSPS) is 23.8. The fraction of sp³-hybridized carbons (Fsp3) is 0.600. The maximum Gasteiger partial charge on any atom is 0.163 e. The second-order valence-electron chi connectivity index (χ2n) is 5.72. The summed E-state index contributed by atoms with van der Waals surface area (Å²) in [4.78, 5) is 2.33. The van der Waals surface area contributed by atoms with Crippen LogP contribution in [-0.4, -0.2) is 42.4 Å². The number of benzene rings is 1. The van der Waals surface area contributed by atoms with E-state index in [1.54, 1.807) is 0 Å². The first kappa shape index (κ1) is 13.5. The number of hydrogen-bond acceptors (Lipinski definition) is 5. The molecule has 5 nitrogen and oxygen atoms in total. The molecule has 1 aromatic carbocycles. The number of likely N-dealkylation sites (tertiary alicyclic amines) is 1. The van der Waals surface area contributed by atoms with Gasteiger partial charge >= 0.3 is 0 Å². The van der Waals surface area contributed by atoms with Gasteiger partial charge < -0.3 is 20.3 Å². The van der Waals surface area contributed by atoms with E-state index in [2.05, 4.69) is 4.90 Å². The molecule has 110 valence electrons. The van der Waals surface area contributed by atoms with E-state index in [9.17, 15) is 5.11 Å². The first-order valence-corrected chi connectivity index (χ1v) is 7.22. The first-order valence-electron chi connectivity index (χ1n) is 7.22. The molecule has 0 spiro atoms. The van der Waals surface area contributed by atoms with Gasteiger partial charge in [-0.1, -0.05) is 0 Å². The van der Waals surface area contributed by atoms with Gasteiger partial charge in [0, 0.05) is 24.8 Å². The van der Waals surface area contributed by atoms with Crippen LogP contribution in [0.5, 0.6) is 11.5 Å². The molecule has 0 radical (unpaired) electrons. The van der Waals surface area contributed by atoms with Gasteiger partial charge in [0.15, 0.2) is 11.5 Å². The molecular weight excluding hydrogens is 256 g/mol. The van der Waals surface area contributed by atoms with Crippen LogP contribution in [0, 0.1) is 5.92 Å². The van der Waals surface area contributed by atoms with Crippen molar-refractivity contribution in [3.05, 3.63) is 17.7 Å². The van der Waals surface area contributed by atoms with Gasteiger partial charge in [-0.15, -0.1) is 0 Å². The second kappa shape index (κ2) is 5.50. The van der Waals surface area contributed by atoms with Crippen LogP contribution in [0.2, 0.25) is 0 Å². The second-order valence-corrected chi connectivity index (χ2v) is 5.72. The zero-order chi connectivity index (χ0) is 14.1. The number of anilines is 1. The fourth-order valence-corrected chi connectivity index (χ4v) is 2.92. The number of aliphatic hydroxyl groups is 1. The van der Waals surface area contributed by atoms with Crippen molar-refractivity contribution in [1.82, 2.24) is 4.90 Å². The average molecular weight is 278 g/mol. The lowest BCUT2D eigenvalue weighted by atomic mass is 10.0. The third-order valence-corrected chi connectivity index (χ3v) is 4.19. The molecule has 2 unspecified atom stereocenters. The van der Waals surface area contributed by atoms with Crippen LogP contribution >= 0.6 is 0 Å². The highest BCUT2D eigenvalue weighted by atomic mass is 16.6. The molecule has 2 atom stereocenters. The smallest absolute Gasteiger partial charge is 0.163 e. The lowest BCUT2D eigenvalue weighted by Gasteiger charge is -2.22. The molecule has 0 amide bonds. The predicted molar refractivity (Wildman–Crippen MR) is 76.9 cm³/mol. The van der Waals surface area contributed by atoms with E-state index in [1.807, 2.05) is 19.1 Å². The van der Waals surface area contributed by atoms with Gasteiger partial charge in [0.1, 0.15) is 13.2 Å². The van der Waals surface area contributed by atoms with E-state index in [-0.39, 0.29) is 6.10 Å². The van der Waals surface area contributed by atoms with Crippen molar-refractivity contribution in [2.45, 2.75) is 26.0 Å². The van der Waals surface area contributed by atoms with E-state index in [0.29, 0.717) is 19.1 Å². The number of nitrogen functional groups attached to an aromatic ring is 1. The molecule has 0 aliphatic carbocycles. The van der Waals surface area contributed by atoms with Crippen LogP contribution in [0.4, 0.5) is 5.69 Å². The van der Waals surface area contributed by atoms with Gasteiger partial charge in [-0.3, -0.25) is 4.90 Å². The number of fused-ring (bicyclic) bond motifs is 1. The zero-order valence-electron chi connectivity index (χ0n) is 11.8. The third-order valence-electron chi connectivity index (χ3n) is 4.19. The Hall–Kier alpha value is -1.46. The minimum Gasteiger partial charge on any atom is -0.486 e. The summed E-state index contributed by atoms with van der Waals surface area (Å²) in [6.45, 7) is 5.76. The van der Waals surface area contributed by atoms with Crippen LogP contribution in [0.3, 0.4) is 0 Å². The van der Waals surface area contributed by atoms with Gasteiger partial charge in [0.05, 0.1) is 6.10 Å². The van der Waals surface area contributed by atoms with E-state index >= 15 is 0 Å². The molecular formula is C15H22N2O3. The summed E-state index contributed by atoms with van der Waals surface area (Å²) in [6.07, 6.45) is 0.805. The molecule has 1 fully saturated rings. The number of nitrogens with two attached hydrogens (primary N) is 1. The molecule has 3 rings (SSSR count). The molecule has 2 heterocycles.